The zero-order valence-corrected chi connectivity index (χ0v) is 6.75. The van der Waals surface area contributed by atoms with Crippen molar-refractivity contribution in [1.82, 2.24) is 9.78 Å². The maximum absolute atomic E-state index is 8.25. The van der Waals surface area contributed by atoms with Crippen LogP contribution in [-0.4, -0.2) is 9.78 Å². The summed E-state index contributed by atoms with van der Waals surface area (Å²) in [7, 11) is 0. The Labute approximate surface area is 70.2 Å². The molecule has 0 unspecified atom stereocenters. The molecule has 0 aliphatic carbocycles. The van der Waals surface area contributed by atoms with E-state index in [1.165, 1.54) is 0 Å². The highest BCUT2D eigenvalue weighted by molar-refractivity contribution is 6.29. The molecular weight excluding hydrogens is 162 g/mol. The van der Waals surface area contributed by atoms with Crippen LogP contribution in [0.5, 0.6) is 0 Å². The van der Waals surface area contributed by atoms with Gasteiger partial charge in [-0.05, 0) is 12.5 Å². The lowest BCUT2D eigenvalue weighted by atomic mass is 10.3. The number of hydrogen-bond acceptors (Lipinski definition) is 2. The van der Waals surface area contributed by atoms with Crippen LogP contribution in [0.15, 0.2) is 12.3 Å². The Morgan fingerprint density at radius 1 is 1.73 bits per heavy atom. The lowest BCUT2D eigenvalue weighted by Crippen LogP contribution is -1.99. The van der Waals surface area contributed by atoms with Gasteiger partial charge in [0.25, 0.3) is 0 Å². The van der Waals surface area contributed by atoms with E-state index in [0.717, 1.165) is 13.0 Å². The van der Waals surface area contributed by atoms with Crippen LogP contribution >= 0.6 is 11.6 Å². The standard InChI is InChI=1S/C7H8ClN3/c8-7-3-5-10-11(7)6-2-1-4-9/h3,5H,1-2,6H2. The highest BCUT2D eigenvalue weighted by atomic mass is 35.5. The van der Waals surface area contributed by atoms with E-state index in [0.29, 0.717) is 11.6 Å². The lowest BCUT2D eigenvalue weighted by molar-refractivity contribution is 0.586. The van der Waals surface area contributed by atoms with E-state index in [2.05, 4.69) is 11.2 Å². The minimum absolute atomic E-state index is 0.552. The smallest absolute Gasteiger partial charge is 0.127 e. The second kappa shape index (κ2) is 3.99. The van der Waals surface area contributed by atoms with E-state index >= 15 is 0 Å². The summed E-state index contributed by atoms with van der Waals surface area (Å²) in [5.41, 5.74) is 0. The molecule has 0 aliphatic heterocycles. The molecule has 0 amide bonds. The van der Waals surface area contributed by atoms with Gasteiger partial charge in [-0.25, -0.2) is 0 Å². The number of aromatic nitrogens is 2. The summed E-state index contributed by atoms with van der Waals surface area (Å²) < 4.78 is 1.68. The first-order chi connectivity index (χ1) is 5.34. The molecule has 58 valence electrons. The average molecular weight is 170 g/mol. The molecule has 0 aliphatic rings. The Balaban J connectivity index is 2.40. The Hall–Kier alpha value is -1.01. The molecular formula is C7H8ClN3. The van der Waals surface area contributed by atoms with E-state index in [1.54, 1.807) is 16.9 Å². The third-order valence-corrected chi connectivity index (χ3v) is 1.64. The van der Waals surface area contributed by atoms with Crippen molar-refractivity contribution in [3.63, 3.8) is 0 Å². The first-order valence-electron chi connectivity index (χ1n) is 3.39. The van der Waals surface area contributed by atoms with E-state index in [9.17, 15) is 0 Å². The third kappa shape index (κ3) is 2.24. The van der Waals surface area contributed by atoms with Gasteiger partial charge in [-0.3, -0.25) is 4.68 Å². The second-order valence-corrected chi connectivity index (χ2v) is 2.53. The zero-order valence-electron chi connectivity index (χ0n) is 6.00. The normalized spacial score (nSPS) is 9.45. The zero-order chi connectivity index (χ0) is 8.10. The summed E-state index contributed by atoms with van der Waals surface area (Å²) in [6.45, 7) is 0.722. The Kier molecular flexibility index (Phi) is 2.94. The summed E-state index contributed by atoms with van der Waals surface area (Å²) in [5, 5.41) is 12.8. The van der Waals surface area contributed by atoms with Crippen molar-refractivity contribution in [2.24, 2.45) is 0 Å². The van der Waals surface area contributed by atoms with Crippen molar-refractivity contribution in [3.05, 3.63) is 17.4 Å². The van der Waals surface area contributed by atoms with Crippen LogP contribution < -0.4 is 0 Å². The van der Waals surface area contributed by atoms with Gasteiger partial charge in [0, 0.05) is 13.0 Å². The molecule has 11 heavy (non-hydrogen) atoms. The summed E-state index contributed by atoms with van der Waals surface area (Å²) in [4.78, 5) is 0. The minimum atomic E-state index is 0.552. The first-order valence-corrected chi connectivity index (χ1v) is 3.76. The molecule has 0 bridgehead atoms. The number of hydrogen-bond donors (Lipinski definition) is 0. The third-order valence-electron chi connectivity index (χ3n) is 1.32. The molecule has 1 heterocycles. The van der Waals surface area contributed by atoms with Crippen molar-refractivity contribution in [1.29, 1.82) is 5.26 Å². The first kappa shape index (κ1) is 8.09. The summed E-state index contributed by atoms with van der Waals surface area (Å²) in [6.07, 6.45) is 3.00. The Morgan fingerprint density at radius 3 is 3.09 bits per heavy atom. The van der Waals surface area contributed by atoms with Crippen LogP contribution in [0.3, 0.4) is 0 Å². The molecule has 1 aromatic rings. The predicted molar refractivity (Wildman–Crippen MR) is 42.1 cm³/mol. The van der Waals surface area contributed by atoms with Crippen LogP contribution in [0, 0.1) is 11.3 Å². The molecule has 0 saturated carbocycles. The van der Waals surface area contributed by atoms with Gasteiger partial charge < -0.3 is 0 Å². The van der Waals surface area contributed by atoms with Crippen molar-refractivity contribution >= 4 is 11.6 Å². The fourth-order valence-corrected chi connectivity index (χ4v) is 0.973. The SMILES string of the molecule is N#CCCCn1nccc1Cl. The van der Waals surface area contributed by atoms with Gasteiger partial charge in [0.2, 0.25) is 0 Å². The van der Waals surface area contributed by atoms with Crippen molar-refractivity contribution in [2.45, 2.75) is 19.4 Å². The molecule has 0 spiro atoms. The maximum atomic E-state index is 8.25. The molecule has 4 heteroatoms. The Bertz CT molecular complexity index is 261. The lowest BCUT2D eigenvalue weighted by Gasteiger charge is -1.98. The van der Waals surface area contributed by atoms with Crippen LogP contribution in [0.1, 0.15) is 12.8 Å². The predicted octanol–water partition coefficient (Wildman–Crippen LogP) is 1.84. The topological polar surface area (TPSA) is 41.6 Å². The molecule has 0 radical (unpaired) electrons. The summed E-state index contributed by atoms with van der Waals surface area (Å²) in [6, 6.07) is 3.80. The molecule has 0 N–H and O–H groups in total. The van der Waals surface area contributed by atoms with Crippen molar-refractivity contribution < 1.29 is 0 Å². The van der Waals surface area contributed by atoms with Crippen LogP contribution in [0.4, 0.5) is 0 Å². The molecule has 1 rings (SSSR count). The van der Waals surface area contributed by atoms with Gasteiger partial charge in [-0.1, -0.05) is 11.6 Å². The van der Waals surface area contributed by atoms with E-state index < -0.39 is 0 Å². The second-order valence-electron chi connectivity index (χ2n) is 2.14. The number of halogens is 1. The summed E-state index contributed by atoms with van der Waals surface area (Å²) >= 11 is 5.74. The van der Waals surface area contributed by atoms with Crippen LogP contribution in [0.25, 0.3) is 0 Å². The van der Waals surface area contributed by atoms with Gasteiger partial charge in [-0.15, -0.1) is 0 Å². The molecule has 1 aromatic heterocycles. The number of rotatable bonds is 3. The van der Waals surface area contributed by atoms with Gasteiger partial charge in [0.1, 0.15) is 5.15 Å². The summed E-state index contributed by atoms with van der Waals surface area (Å²) in [5.74, 6) is 0. The molecule has 0 saturated heterocycles. The molecule has 3 nitrogen and oxygen atoms in total. The largest absolute Gasteiger partial charge is 0.254 e. The monoisotopic (exact) mass is 169 g/mol. The van der Waals surface area contributed by atoms with Gasteiger partial charge >= 0.3 is 0 Å². The van der Waals surface area contributed by atoms with Crippen LogP contribution in [0.2, 0.25) is 5.15 Å². The number of unbranched alkanes of at least 4 members (excludes halogenated alkanes) is 1. The highest BCUT2D eigenvalue weighted by Crippen LogP contribution is 2.06. The van der Waals surface area contributed by atoms with Gasteiger partial charge in [0.05, 0.1) is 12.3 Å². The van der Waals surface area contributed by atoms with E-state index in [1.807, 2.05) is 0 Å². The molecule has 0 aromatic carbocycles. The van der Waals surface area contributed by atoms with Crippen LogP contribution in [-0.2, 0) is 6.54 Å². The highest BCUT2D eigenvalue weighted by Gasteiger charge is 1.96. The van der Waals surface area contributed by atoms with Crippen molar-refractivity contribution in [3.8, 4) is 6.07 Å². The van der Waals surface area contributed by atoms with Gasteiger partial charge in [-0.2, -0.15) is 10.4 Å². The maximum Gasteiger partial charge on any atom is 0.127 e. The molecule has 0 atom stereocenters. The fraction of sp³-hybridized carbons (Fsp3) is 0.429. The van der Waals surface area contributed by atoms with Gasteiger partial charge in [0.15, 0.2) is 0 Å². The molecule has 0 fully saturated rings. The van der Waals surface area contributed by atoms with Crippen molar-refractivity contribution in [2.75, 3.05) is 0 Å². The number of aryl methyl sites for hydroxylation is 1. The van der Waals surface area contributed by atoms with E-state index in [-0.39, 0.29) is 0 Å². The fourth-order valence-electron chi connectivity index (χ4n) is 0.789. The van der Waals surface area contributed by atoms with E-state index in [4.69, 9.17) is 16.9 Å². The Morgan fingerprint density at radius 2 is 2.55 bits per heavy atom. The number of nitriles is 1. The minimum Gasteiger partial charge on any atom is -0.254 e. The quantitative estimate of drug-likeness (QED) is 0.648. The number of nitrogens with zero attached hydrogens (tertiary/aromatic N) is 3. The average Bonchev–Trinajstić information content (AvgIpc) is 2.37.